The fraction of sp³-hybridized carbons (Fsp3) is 0.600. The van der Waals surface area contributed by atoms with Gasteiger partial charge in [0.2, 0.25) is 0 Å². The van der Waals surface area contributed by atoms with Gasteiger partial charge in [-0.25, -0.2) is 4.79 Å². The Morgan fingerprint density at radius 1 is 1.32 bits per heavy atom. The summed E-state index contributed by atoms with van der Waals surface area (Å²) in [5.41, 5.74) is 0. The number of nitrogens with zero attached hydrogens (tertiary/aromatic N) is 3. The first-order valence-electron chi connectivity index (χ1n) is 7.62. The maximum atomic E-state index is 12.5. The molecule has 2 fully saturated rings. The Kier molecular flexibility index (Phi) is 5.00. The van der Waals surface area contributed by atoms with E-state index < -0.39 is 0 Å². The summed E-state index contributed by atoms with van der Waals surface area (Å²) in [6.45, 7) is 3.93. The molecule has 0 saturated carbocycles. The zero-order chi connectivity index (χ0) is 15.4. The lowest BCUT2D eigenvalue weighted by Crippen LogP contribution is -2.52. The number of carbonyl (C=O) groups excluding carboxylic acids is 1. The van der Waals surface area contributed by atoms with E-state index in [-0.39, 0.29) is 12.1 Å². The lowest BCUT2D eigenvalue weighted by atomic mass is 10.1. The number of morpholine rings is 1. The van der Waals surface area contributed by atoms with E-state index in [0.717, 1.165) is 19.4 Å². The minimum absolute atomic E-state index is 0.0290. The molecule has 0 bridgehead atoms. The summed E-state index contributed by atoms with van der Waals surface area (Å²) in [5.74, 6) is 0.627. The number of halogens is 1. The second-order valence-corrected chi connectivity index (χ2v) is 5.92. The Labute approximate surface area is 135 Å². The van der Waals surface area contributed by atoms with E-state index in [1.54, 1.807) is 18.5 Å². The third-order valence-corrected chi connectivity index (χ3v) is 4.24. The Hall–Kier alpha value is -1.53. The molecule has 22 heavy (non-hydrogen) atoms. The van der Waals surface area contributed by atoms with E-state index in [2.05, 4.69) is 4.98 Å². The summed E-state index contributed by atoms with van der Waals surface area (Å²) in [6.07, 6.45) is 5.05. The van der Waals surface area contributed by atoms with Gasteiger partial charge in [0.05, 0.1) is 19.8 Å². The lowest BCUT2D eigenvalue weighted by Gasteiger charge is -2.37. The topological polar surface area (TPSA) is 54.9 Å². The Balaban J connectivity index is 1.59. The summed E-state index contributed by atoms with van der Waals surface area (Å²) in [4.78, 5) is 20.2. The molecule has 2 aliphatic heterocycles. The molecule has 6 nitrogen and oxygen atoms in total. The van der Waals surface area contributed by atoms with Crippen molar-refractivity contribution >= 4 is 17.6 Å². The monoisotopic (exact) mass is 325 g/mol. The van der Waals surface area contributed by atoms with Gasteiger partial charge in [-0.3, -0.25) is 4.98 Å². The van der Waals surface area contributed by atoms with Gasteiger partial charge in [-0.15, -0.1) is 0 Å². The van der Waals surface area contributed by atoms with Gasteiger partial charge in [0.15, 0.2) is 0 Å². The van der Waals surface area contributed by atoms with Crippen molar-refractivity contribution in [3.05, 3.63) is 23.5 Å². The zero-order valence-electron chi connectivity index (χ0n) is 12.4. The van der Waals surface area contributed by atoms with Crippen LogP contribution in [0.1, 0.15) is 12.8 Å². The van der Waals surface area contributed by atoms with Gasteiger partial charge < -0.3 is 19.3 Å². The van der Waals surface area contributed by atoms with Crippen molar-refractivity contribution in [1.29, 1.82) is 0 Å². The standard InChI is InChI=1S/C15H20ClN3O3/c16-13-10-17-4-3-14(13)22-12-2-1-5-19(11-12)15(20)18-6-8-21-9-7-18/h3-4,10,12H,1-2,5-9,11H2. The number of urea groups is 1. The van der Waals surface area contributed by atoms with E-state index >= 15 is 0 Å². The van der Waals surface area contributed by atoms with E-state index in [4.69, 9.17) is 21.1 Å². The third-order valence-electron chi connectivity index (χ3n) is 3.96. The highest BCUT2D eigenvalue weighted by Crippen LogP contribution is 2.25. The van der Waals surface area contributed by atoms with Crippen molar-refractivity contribution in [2.24, 2.45) is 0 Å². The van der Waals surface area contributed by atoms with Gasteiger partial charge in [-0.05, 0) is 12.8 Å². The Morgan fingerprint density at radius 3 is 2.91 bits per heavy atom. The molecule has 0 N–H and O–H groups in total. The number of ether oxygens (including phenoxy) is 2. The highest BCUT2D eigenvalue weighted by Gasteiger charge is 2.29. The smallest absolute Gasteiger partial charge is 0.320 e. The number of piperidine rings is 1. The van der Waals surface area contributed by atoms with Gasteiger partial charge in [-0.2, -0.15) is 0 Å². The van der Waals surface area contributed by atoms with Gasteiger partial charge in [-0.1, -0.05) is 11.6 Å². The van der Waals surface area contributed by atoms with E-state index in [0.29, 0.717) is 43.6 Å². The molecule has 1 atom stereocenters. The van der Waals surface area contributed by atoms with Crippen molar-refractivity contribution in [1.82, 2.24) is 14.8 Å². The molecule has 1 aromatic heterocycles. The maximum Gasteiger partial charge on any atom is 0.320 e. The summed E-state index contributed by atoms with van der Waals surface area (Å²) >= 11 is 6.07. The molecule has 2 saturated heterocycles. The first kappa shape index (κ1) is 15.4. The summed E-state index contributed by atoms with van der Waals surface area (Å²) < 4.78 is 11.2. The minimum Gasteiger partial charge on any atom is -0.487 e. The lowest BCUT2D eigenvalue weighted by molar-refractivity contribution is 0.0330. The van der Waals surface area contributed by atoms with Crippen LogP contribution in [0.15, 0.2) is 18.5 Å². The van der Waals surface area contributed by atoms with Crippen LogP contribution < -0.4 is 4.74 Å². The molecule has 2 amide bonds. The van der Waals surface area contributed by atoms with Crippen LogP contribution in [-0.4, -0.2) is 66.3 Å². The van der Waals surface area contributed by atoms with E-state index in [9.17, 15) is 4.79 Å². The number of carbonyl (C=O) groups is 1. The van der Waals surface area contributed by atoms with Crippen LogP contribution in [0.25, 0.3) is 0 Å². The fourth-order valence-electron chi connectivity index (χ4n) is 2.80. The number of aromatic nitrogens is 1. The van der Waals surface area contributed by atoms with Crippen LogP contribution in [0.5, 0.6) is 5.75 Å². The first-order valence-corrected chi connectivity index (χ1v) is 7.99. The van der Waals surface area contributed by atoms with Crippen molar-refractivity contribution < 1.29 is 14.3 Å². The van der Waals surface area contributed by atoms with Crippen molar-refractivity contribution in [2.45, 2.75) is 18.9 Å². The second kappa shape index (κ2) is 7.15. The molecule has 3 rings (SSSR count). The molecule has 0 aliphatic carbocycles. The zero-order valence-corrected chi connectivity index (χ0v) is 13.2. The summed E-state index contributed by atoms with van der Waals surface area (Å²) in [7, 11) is 0. The molecule has 1 aromatic rings. The first-order chi connectivity index (χ1) is 10.7. The van der Waals surface area contributed by atoms with Crippen molar-refractivity contribution in [3.8, 4) is 5.75 Å². The number of hydrogen-bond donors (Lipinski definition) is 0. The van der Waals surface area contributed by atoms with Crippen LogP contribution in [0.4, 0.5) is 4.79 Å². The van der Waals surface area contributed by atoms with Crippen molar-refractivity contribution in [2.75, 3.05) is 39.4 Å². The van der Waals surface area contributed by atoms with Gasteiger partial charge in [0.25, 0.3) is 0 Å². The molecule has 0 aromatic carbocycles. The van der Waals surface area contributed by atoms with Gasteiger partial charge >= 0.3 is 6.03 Å². The largest absolute Gasteiger partial charge is 0.487 e. The Morgan fingerprint density at radius 2 is 2.14 bits per heavy atom. The normalized spacial score (nSPS) is 22.5. The number of hydrogen-bond acceptors (Lipinski definition) is 4. The molecule has 1 unspecified atom stereocenters. The van der Waals surface area contributed by atoms with E-state index in [1.165, 1.54) is 0 Å². The van der Waals surface area contributed by atoms with Gasteiger partial charge in [0, 0.05) is 38.1 Å². The average Bonchev–Trinajstić information content (AvgIpc) is 2.57. The molecular formula is C15H20ClN3O3. The predicted molar refractivity (Wildman–Crippen MR) is 82.3 cm³/mol. The summed E-state index contributed by atoms with van der Waals surface area (Å²) in [6, 6.07) is 1.84. The highest BCUT2D eigenvalue weighted by atomic mass is 35.5. The fourth-order valence-corrected chi connectivity index (χ4v) is 2.96. The Bertz CT molecular complexity index is 523. The maximum absolute atomic E-state index is 12.5. The SMILES string of the molecule is O=C(N1CCOCC1)N1CCCC(Oc2ccncc2Cl)C1. The van der Waals surface area contributed by atoms with Crippen LogP contribution in [-0.2, 0) is 4.74 Å². The van der Waals surface area contributed by atoms with Crippen molar-refractivity contribution in [3.63, 3.8) is 0 Å². The number of rotatable bonds is 2. The molecule has 120 valence electrons. The second-order valence-electron chi connectivity index (χ2n) is 5.52. The molecule has 0 spiro atoms. The molecule has 3 heterocycles. The van der Waals surface area contributed by atoms with Crippen LogP contribution in [0.2, 0.25) is 5.02 Å². The van der Waals surface area contributed by atoms with Crippen LogP contribution in [0, 0.1) is 0 Å². The highest BCUT2D eigenvalue weighted by molar-refractivity contribution is 6.31. The summed E-state index contributed by atoms with van der Waals surface area (Å²) in [5, 5.41) is 0.499. The van der Waals surface area contributed by atoms with Gasteiger partial charge in [0.1, 0.15) is 16.9 Å². The predicted octanol–water partition coefficient (Wildman–Crippen LogP) is 2.03. The number of pyridine rings is 1. The molecule has 2 aliphatic rings. The quantitative estimate of drug-likeness (QED) is 0.835. The molecule has 7 heteroatoms. The molecular weight excluding hydrogens is 306 g/mol. The molecule has 0 radical (unpaired) electrons. The minimum atomic E-state index is -0.0290. The van der Waals surface area contributed by atoms with Crippen LogP contribution >= 0.6 is 11.6 Å². The number of likely N-dealkylation sites (tertiary alicyclic amines) is 1. The number of amides is 2. The van der Waals surface area contributed by atoms with Crippen LogP contribution in [0.3, 0.4) is 0 Å². The average molecular weight is 326 g/mol. The van der Waals surface area contributed by atoms with E-state index in [1.807, 2.05) is 9.80 Å². The third kappa shape index (κ3) is 3.62.